The maximum absolute atomic E-state index is 12.1. The molecule has 1 aromatic heterocycles. The molecule has 1 aliphatic rings. The first-order valence-corrected chi connectivity index (χ1v) is 10.7. The normalized spacial score (nSPS) is 20.5. The van der Waals surface area contributed by atoms with Crippen LogP contribution in [0.5, 0.6) is 5.75 Å². The minimum absolute atomic E-state index is 0.0529. The minimum Gasteiger partial charge on any atom is -0.493 e. The van der Waals surface area contributed by atoms with Gasteiger partial charge in [0, 0.05) is 45.3 Å². The molecule has 8 nitrogen and oxygen atoms in total. The van der Waals surface area contributed by atoms with E-state index in [4.69, 9.17) is 9.47 Å². The van der Waals surface area contributed by atoms with Crippen LogP contribution in [0.1, 0.15) is 12.1 Å². The van der Waals surface area contributed by atoms with Gasteiger partial charge in [0.05, 0.1) is 24.6 Å². The monoisotopic (exact) mass is 408 g/mol. The molecule has 2 heterocycles. The number of aromatic nitrogens is 2. The van der Waals surface area contributed by atoms with Gasteiger partial charge in [-0.3, -0.25) is 4.68 Å². The van der Waals surface area contributed by atoms with Crippen molar-refractivity contribution in [3.05, 3.63) is 36.0 Å². The molecule has 9 heteroatoms. The first-order valence-electron chi connectivity index (χ1n) is 9.27. The highest BCUT2D eigenvalue weighted by Gasteiger charge is 2.30. The molecule has 0 unspecified atom stereocenters. The Morgan fingerprint density at radius 3 is 2.64 bits per heavy atom. The summed E-state index contributed by atoms with van der Waals surface area (Å²) in [5, 5.41) is 4.37. The van der Waals surface area contributed by atoms with Crippen LogP contribution in [-0.4, -0.2) is 62.5 Å². The van der Waals surface area contributed by atoms with Crippen molar-refractivity contribution in [2.45, 2.75) is 19.4 Å². The van der Waals surface area contributed by atoms with Crippen LogP contribution < -0.4 is 9.46 Å². The molecule has 0 spiro atoms. The third-order valence-electron chi connectivity index (χ3n) is 4.87. The van der Waals surface area contributed by atoms with Crippen molar-refractivity contribution in [1.82, 2.24) is 18.8 Å². The second-order valence-corrected chi connectivity index (χ2v) is 9.18. The van der Waals surface area contributed by atoms with Gasteiger partial charge in [0.15, 0.2) is 0 Å². The Balaban J connectivity index is 1.63. The molecular formula is C19H28N4O4S. The summed E-state index contributed by atoms with van der Waals surface area (Å²) in [6, 6.07) is 9.65. The van der Waals surface area contributed by atoms with E-state index in [2.05, 4.69) is 9.82 Å². The van der Waals surface area contributed by atoms with Crippen LogP contribution in [0, 0.1) is 12.8 Å². The van der Waals surface area contributed by atoms with Gasteiger partial charge in [0.25, 0.3) is 10.2 Å². The number of aryl methyl sites for hydroxylation is 2. The molecular weight excluding hydrogens is 380 g/mol. The summed E-state index contributed by atoms with van der Waals surface area (Å²) in [5.41, 5.74) is 3.08. The Labute approximate surface area is 166 Å². The zero-order valence-electron chi connectivity index (χ0n) is 16.8. The Kier molecular flexibility index (Phi) is 6.39. The number of rotatable bonds is 7. The molecule has 28 heavy (non-hydrogen) atoms. The molecule has 2 aromatic rings. The Hall–Kier alpha value is -1.94. The van der Waals surface area contributed by atoms with E-state index in [-0.39, 0.29) is 12.0 Å². The molecule has 0 amide bonds. The number of nitrogens with one attached hydrogen (secondary N) is 1. The van der Waals surface area contributed by atoms with Gasteiger partial charge in [-0.15, -0.1) is 0 Å². The SMILES string of the molecule is Cc1cc(-c2ccc(OC[C@H]3COCC[C@@H]3NS(=O)(=O)N(C)C)cc2)n(C)n1. The summed E-state index contributed by atoms with van der Waals surface area (Å²) < 4.78 is 41.5. The zero-order valence-corrected chi connectivity index (χ0v) is 17.6. The Morgan fingerprint density at radius 2 is 2.04 bits per heavy atom. The summed E-state index contributed by atoms with van der Waals surface area (Å²) in [5.74, 6) is 0.685. The van der Waals surface area contributed by atoms with Gasteiger partial charge in [0.1, 0.15) is 5.75 Å². The second kappa shape index (κ2) is 8.60. The highest BCUT2D eigenvalue weighted by atomic mass is 32.2. The first kappa shape index (κ1) is 20.8. The zero-order chi connectivity index (χ0) is 20.3. The standard InChI is InChI=1S/C19H28N4O4S/c1-14-11-19(23(4)20-14)15-5-7-17(8-6-15)27-13-16-12-26-10-9-18(16)21-28(24,25)22(2)3/h5-8,11,16,18,21H,9-10,12-13H2,1-4H3/t16-,18+/m1/s1. The number of hydrogen-bond acceptors (Lipinski definition) is 5. The van der Waals surface area contributed by atoms with Crippen LogP contribution in [0.25, 0.3) is 11.3 Å². The van der Waals surface area contributed by atoms with Crippen molar-refractivity contribution >= 4 is 10.2 Å². The van der Waals surface area contributed by atoms with E-state index in [1.54, 1.807) is 0 Å². The number of ether oxygens (including phenoxy) is 2. The lowest BCUT2D eigenvalue weighted by Gasteiger charge is -2.32. The summed E-state index contributed by atoms with van der Waals surface area (Å²) in [4.78, 5) is 0. The molecule has 1 aliphatic heterocycles. The van der Waals surface area contributed by atoms with E-state index < -0.39 is 10.2 Å². The smallest absolute Gasteiger partial charge is 0.279 e. The Morgan fingerprint density at radius 1 is 1.32 bits per heavy atom. The minimum atomic E-state index is -3.49. The van der Waals surface area contributed by atoms with Gasteiger partial charge in [0.2, 0.25) is 0 Å². The summed E-state index contributed by atoms with van der Waals surface area (Å²) in [6.45, 7) is 3.35. The second-order valence-electron chi connectivity index (χ2n) is 7.27. The molecule has 2 atom stereocenters. The van der Waals surface area contributed by atoms with Crippen molar-refractivity contribution in [2.75, 3.05) is 33.9 Å². The fourth-order valence-electron chi connectivity index (χ4n) is 3.22. The van der Waals surface area contributed by atoms with E-state index in [9.17, 15) is 8.42 Å². The van der Waals surface area contributed by atoms with Crippen LogP contribution in [0.3, 0.4) is 0 Å². The van der Waals surface area contributed by atoms with E-state index in [0.29, 0.717) is 26.2 Å². The van der Waals surface area contributed by atoms with Crippen molar-refractivity contribution in [1.29, 1.82) is 0 Å². The lowest BCUT2D eigenvalue weighted by molar-refractivity contribution is 0.0183. The lowest BCUT2D eigenvalue weighted by Crippen LogP contribution is -2.50. The number of benzene rings is 1. The van der Waals surface area contributed by atoms with Crippen LogP contribution in [0.15, 0.2) is 30.3 Å². The average molecular weight is 409 g/mol. The number of hydrogen-bond donors (Lipinski definition) is 1. The van der Waals surface area contributed by atoms with Gasteiger partial charge >= 0.3 is 0 Å². The fraction of sp³-hybridized carbons (Fsp3) is 0.526. The summed E-state index contributed by atoms with van der Waals surface area (Å²) in [6.07, 6.45) is 0.625. The van der Waals surface area contributed by atoms with Crippen molar-refractivity contribution in [2.24, 2.45) is 13.0 Å². The maximum atomic E-state index is 12.1. The van der Waals surface area contributed by atoms with E-state index in [1.165, 1.54) is 18.4 Å². The fourth-order valence-corrected chi connectivity index (χ4v) is 4.12. The van der Waals surface area contributed by atoms with E-state index in [1.807, 2.05) is 49.0 Å². The predicted molar refractivity (Wildman–Crippen MR) is 107 cm³/mol. The van der Waals surface area contributed by atoms with Gasteiger partial charge in [-0.2, -0.15) is 22.5 Å². The first-order chi connectivity index (χ1) is 13.3. The van der Waals surface area contributed by atoms with Gasteiger partial charge < -0.3 is 9.47 Å². The van der Waals surface area contributed by atoms with Gasteiger partial charge in [-0.05, 0) is 43.7 Å². The molecule has 1 fully saturated rings. The van der Waals surface area contributed by atoms with Gasteiger partial charge in [-0.1, -0.05) is 0 Å². The maximum Gasteiger partial charge on any atom is 0.279 e. The lowest BCUT2D eigenvalue weighted by atomic mass is 9.98. The van der Waals surface area contributed by atoms with Crippen LogP contribution in [-0.2, 0) is 22.0 Å². The molecule has 3 rings (SSSR count). The number of nitrogens with zero attached hydrogens (tertiary/aromatic N) is 3. The van der Waals surface area contributed by atoms with Crippen LogP contribution in [0.4, 0.5) is 0 Å². The van der Waals surface area contributed by atoms with Crippen molar-refractivity contribution in [3.63, 3.8) is 0 Å². The molecule has 0 radical (unpaired) electrons. The summed E-state index contributed by atoms with van der Waals surface area (Å²) >= 11 is 0. The largest absolute Gasteiger partial charge is 0.493 e. The molecule has 154 valence electrons. The molecule has 1 N–H and O–H groups in total. The summed E-state index contributed by atoms with van der Waals surface area (Å²) in [7, 11) is 1.46. The van der Waals surface area contributed by atoms with Crippen LogP contribution in [0.2, 0.25) is 0 Å². The molecule has 1 saturated heterocycles. The third kappa shape index (κ3) is 4.91. The van der Waals surface area contributed by atoms with Crippen molar-refractivity contribution < 1.29 is 17.9 Å². The highest BCUT2D eigenvalue weighted by molar-refractivity contribution is 7.87. The van der Waals surface area contributed by atoms with E-state index >= 15 is 0 Å². The highest BCUT2D eigenvalue weighted by Crippen LogP contribution is 2.24. The van der Waals surface area contributed by atoms with E-state index in [0.717, 1.165) is 22.7 Å². The average Bonchev–Trinajstić information content (AvgIpc) is 2.99. The predicted octanol–water partition coefficient (Wildman–Crippen LogP) is 1.58. The molecule has 0 aliphatic carbocycles. The van der Waals surface area contributed by atoms with Crippen molar-refractivity contribution in [3.8, 4) is 17.0 Å². The molecule has 1 aromatic carbocycles. The van der Waals surface area contributed by atoms with Crippen LogP contribution >= 0.6 is 0 Å². The third-order valence-corrected chi connectivity index (χ3v) is 6.43. The Bertz CT molecular complexity index is 893. The van der Waals surface area contributed by atoms with Gasteiger partial charge in [-0.25, -0.2) is 0 Å². The molecule has 0 saturated carbocycles. The topological polar surface area (TPSA) is 85.7 Å². The quantitative estimate of drug-likeness (QED) is 0.752. The molecule has 0 bridgehead atoms.